The van der Waals surface area contributed by atoms with Crippen LogP contribution in [0, 0.1) is 0 Å². The molecule has 5 nitrogen and oxygen atoms in total. The van der Waals surface area contributed by atoms with Gasteiger partial charge in [-0.2, -0.15) is 0 Å². The fourth-order valence-corrected chi connectivity index (χ4v) is 9.36. The molecule has 0 saturated carbocycles. The first-order valence-electron chi connectivity index (χ1n) is 11.3. The molecule has 33 heavy (non-hydrogen) atoms. The average molecular weight is 584 g/mol. The summed E-state index contributed by atoms with van der Waals surface area (Å²) in [7, 11) is -1.03. The van der Waals surface area contributed by atoms with E-state index in [1.165, 1.54) is 10.4 Å². The minimum Gasteiger partial charge on any atom is -0.444 e. The molecule has 0 fully saturated rings. The summed E-state index contributed by atoms with van der Waals surface area (Å²) < 4.78 is 19.0. The molecule has 0 aliphatic heterocycles. The predicted octanol–water partition coefficient (Wildman–Crippen LogP) is 4.91. The van der Waals surface area contributed by atoms with Crippen LogP contribution in [0.2, 0.25) is 5.04 Å². The molecule has 0 aliphatic carbocycles. The molecular weight excluding hydrogens is 545 g/mol. The molecule has 1 N–H and O–H groups in total. The molecule has 2 aromatic carbocycles. The van der Waals surface area contributed by atoms with E-state index in [-0.39, 0.29) is 17.2 Å². The topological polar surface area (TPSA) is 56.8 Å². The van der Waals surface area contributed by atoms with Gasteiger partial charge in [-0.3, -0.25) is 0 Å². The number of nitrogens with one attached hydrogen (secondary N) is 1. The van der Waals surface area contributed by atoms with Crippen molar-refractivity contribution in [3.8, 4) is 0 Å². The van der Waals surface area contributed by atoms with Crippen LogP contribution in [0.15, 0.2) is 60.7 Å². The summed E-state index contributed by atoms with van der Waals surface area (Å²) in [6.07, 6.45) is -0.771. The minimum atomic E-state index is -2.69. The number of alkyl carbamates (subject to hydrolysis) is 1. The van der Waals surface area contributed by atoms with Gasteiger partial charge in [0.05, 0.1) is 12.6 Å². The van der Waals surface area contributed by atoms with Gasteiger partial charge in [0.25, 0.3) is 8.32 Å². The zero-order valence-corrected chi connectivity index (χ0v) is 24.0. The highest BCUT2D eigenvalue weighted by Crippen LogP contribution is 2.37. The van der Waals surface area contributed by atoms with Gasteiger partial charge in [0.1, 0.15) is 11.7 Å². The lowest BCUT2D eigenvalue weighted by Crippen LogP contribution is -2.67. The molecule has 1 amide bonds. The van der Waals surface area contributed by atoms with Crippen molar-refractivity contribution in [1.82, 2.24) is 5.32 Å². The molecule has 7 heteroatoms. The summed E-state index contributed by atoms with van der Waals surface area (Å²) in [5.41, 5.74) is -0.562. The number of benzene rings is 2. The van der Waals surface area contributed by atoms with Gasteiger partial charge >= 0.3 is 6.09 Å². The molecule has 182 valence electrons. The molecule has 0 radical (unpaired) electrons. The number of carbonyl (C=O) groups is 1. The average Bonchev–Trinajstić information content (AvgIpc) is 2.75. The number of hydrogen-bond acceptors (Lipinski definition) is 4. The summed E-state index contributed by atoms with van der Waals surface area (Å²) in [5.74, 6) is 0. The lowest BCUT2D eigenvalue weighted by Gasteiger charge is -2.44. The third kappa shape index (κ3) is 7.28. The third-order valence-corrected chi connectivity index (χ3v) is 11.5. The number of methoxy groups -OCH3 is 1. The molecule has 2 rings (SSSR count). The van der Waals surface area contributed by atoms with Gasteiger partial charge in [-0.25, -0.2) is 4.79 Å². The van der Waals surface area contributed by atoms with Crippen molar-refractivity contribution in [2.75, 3.05) is 18.1 Å². The van der Waals surface area contributed by atoms with Gasteiger partial charge in [0.15, 0.2) is 0 Å². The standard InChI is InChI=1S/C26H38INO4Si/c1-25(2,3)32-24(29)28-22(18-27)23(30-7)19-31-33(26(4,5)6,20-14-10-8-11-15-20)21-16-12-9-13-17-21/h8-17,22-23H,18-19H2,1-7H3,(H,28,29). The van der Waals surface area contributed by atoms with Crippen LogP contribution >= 0.6 is 22.6 Å². The van der Waals surface area contributed by atoms with E-state index in [2.05, 4.69) is 97.2 Å². The third-order valence-electron chi connectivity index (χ3n) is 5.50. The van der Waals surface area contributed by atoms with Crippen LogP contribution < -0.4 is 15.7 Å². The summed E-state index contributed by atoms with van der Waals surface area (Å²) >= 11 is 2.26. The molecule has 0 aliphatic rings. The van der Waals surface area contributed by atoms with Gasteiger partial charge < -0.3 is 19.2 Å². The van der Waals surface area contributed by atoms with Crippen molar-refractivity contribution in [3.05, 3.63) is 60.7 Å². The van der Waals surface area contributed by atoms with Crippen LogP contribution in [-0.2, 0) is 13.9 Å². The summed E-state index contributed by atoms with van der Waals surface area (Å²) in [5, 5.41) is 5.26. The fourth-order valence-electron chi connectivity index (χ4n) is 4.01. The van der Waals surface area contributed by atoms with E-state index in [9.17, 15) is 4.79 Å². The van der Waals surface area contributed by atoms with Crippen molar-refractivity contribution >= 4 is 47.4 Å². The lowest BCUT2D eigenvalue weighted by atomic mass is 10.2. The van der Waals surface area contributed by atoms with Gasteiger partial charge in [0.2, 0.25) is 0 Å². The molecule has 0 heterocycles. The minimum absolute atomic E-state index is 0.133. The summed E-state index contributed by atoms with van der Waals surface area (Å²) in [6, 6.07) is 20.8. The maximum Gasteiger partial charge on any atom is 0.407 e. The number of ether oxygens (including phenoxy) is 2. The SMILES string of the molecule is COC(CO[Si](c1ccccc1)(c1ccccc1)C(C)(C)C)C(CI)NC(=O)OC(C)(C)C. The second kappa shape index (κ2) is 11.8. The molecule has 0 spiro atoms. The zero-order chi connectivity index (χ0) is 24.7. The van der Waals surface area contributed by atoms with E-state index in [0.717, 1.165) is 0 Å². The van der Waals surface area contributed by atoms with E-state index in [4.69, 9.17) is 13.9 Å². The number of amides is 1. The molecular formula is C26H38INO4Si. The lowest BCUT2D eigenvalue weighted by molar-refractivity contribution is 0.0196. The Hall–Kier alpha value is -1.42. The van der Waals surface area contributed by atoms with E-state index >= 15 is 0 Å². The van der Waals surface area contributed by atoms with Crippen LogP contribution in [0.5, 0.6) is 0 Å². The molecule has 0 saturated heterocycles. The molecule has 2 unspecified atom stereocenters. The highest BCUT2D eigenvalue weighted by molar-refractivity contribution is 14.1. The van der Waals surface area contributed by atoms with Crippen LogP contribution in [0.3, 0.4) is 0 Å². The monoisotopic (exact) mass is 583 g/mol. The molecule has 2 aromatic rings. The number of rotatable bonds is 9. The molecule has 0 bridgehead atoms. The van der Waals surface area contributed by atoms with Crippen LogP contribution in [0.4, 0.5) is 4.79 Å². The van der Waals surface area contributed by atoms with Gasteiger partial charge in [0, 0.05) is 11.5 Å². The first kappa shape index (κ1) is 27.8. The van der Waals surface area contributed by atoms with Gasteiger partial charge in [-0.1, -0.05) is 104 Å². The number of carbonyl (C=O) groups excluding carboxylic acids is 1. The van der Waals surface area contributed by atoms with Crippen LogP contribution in [0.25, 0.3) is 0 Å². The van der Waals surface area contributed by atoms with Gasteiger partial charge in [-0.15, -0.1) is 0 Å². The summed E-state index contributed by atoms with van der Waals surface area (Å²) in [4.78, 5) is 12.4. The maximum atomic E-state index is 12.4. The Morgan fingerprint density at radius 1 is 0.939 bits per heavy atom. The Bertz CT molecular complexity index is 826. The van der Waals surface area contributed by atoms with E-state index < -0.39 is 20.0 Å². The number of hydrogen-bond donors (Lipinski definition) is 1. The molecule has 0 aromatic heterocycles. The van der Waals surface area contributed by atoms with Crippen molar-refractivity contribution in [1.29, 1.82) is 0 Å². The molecule has 2 atom stereocenters. The van der Waals surface area contributed by atoms with E-state index in [1.807, 2.05) is 32.9 Å². The second-order valence-electron chi connectivity index (χ2n) is 10.2. The number of halogens is 1. The van der Waals surface area contributed by atoms with Crippen molar-refractivity contribution < 1.29 is 18.7 Å². The largest absolute Gasteiger partial charge is 0.444 e. The first-order chi connectivity index (χ1) is 15.4. The maximum absolute atomic E-state index is 12.4. The van der Waals surface area contributed by atoms with Gasteiger partial charge in [-0.05, 0) is 36.2 Å². The van der Waals surface area contributed by atoms with Crippen LogP contribution in [0.1, 0.15) is 41.5 Å². The second-order valence-corrected chi connectivity index (χ2v) is 15.3. The van der Waals surface area contributed by atoms with Crippen molar-refractivity contribution in [2.24, 2.45) is 0 Å². The Morgan fingerprint density at radius 3 is 1.79 bits per heavy atom. The Labute approximate surface area is 213 Å². The normalized spacial score (nSPS) is 14.4. The smallest absolute Gasteiger partial charge is 0.407 e. The highest BCUT2D eigenvalue weighted by atomic mass is 127. The highest BCUT2D eigenvalue weighted by Gasteiger charge is 2.50. The predicted molar refractivity (Wildman–Crippen MR) is 146 cm³/mol. The van der Waals surface area contributed by atoms with E-state index in [1.54, 1.807) is 7.11 Å². The first-order valence-corrected chi connectivity index (χ1v) is 14.7. The Morgan fingerprint density at radius 2 is 1.42 bits per heavy atom. The number of alkyl halides is 1. The van der Waals surface area contributed by atoms with E-state index in [0.29, 0.717) is 11.0 Å². The fraction of sp³-hybridized carbons (Fsp3) is 0.500. The van der Waals surface area contributed by atoms with Crippen LogP contribution in [-0.4, -0.2) is 50.3 Å². The Balaban J connectivity index is 2.39. The summed E-state index contributed by atoms with van der Waals surface area (Å²) in [6.45, 7) is 12.7. The van der Waals surface area contributed by atoms with Crippen molar-refractivity contribution in [3.63, 3.8) is 0 Å². The quantitative estimate of drug-likeness (QED) is 0.259. The zero-order valence-electron chi connectivity index (χ0n) is 20.9. The van der Waals surface area contributed by atoms with Crippen molar-refractivity contribution in [2.45, 2.75) is 64.3 Å². The Kier molecular flexibility index (Phi) is 9.96.